The molecule has 0 spiro atoms. The quantitative estimate of drug-likeness (QED) is 0.902. The topological polar surface area (TPSA) is 86.0 Å². The molecule has 1 heterocycles. The zero-order valence-corrected chi connectivity index (χ0v) is 11.6. The number of nitrogens with zero attached hydrogens (tertiary/aromatic N) is 3. The van der Waals surface area contributed by atoms with Gasteiger partial charge in [0, 0.05) is 5.69 Å². The predicted octanol–water partition coefficient (Wildman–Crippen LogP) is 2.78. The van der Waals surface area contributed by atoms with Crippen LogP contribution in [0.15, 0.2) is 18.2 Å². The van der Waals surface area contributed by atoms with E-state index in [4.69, 9.17) is 22.1 Å². The molecule has 8 heteroatoms. The van der Waals surface area contributed by atoms with Gasteiger partial charge in [0.05, 0.1) is 11.1 Å². The fourth-order valence-corrected chi connectivity index (χ4v) is 1.58. The van der Waals surface area contributed by atoms with Crippen molar-refractivity contribution in [3.8, 4) is 6.01 Å². The molecule has 0 saturated heterocycles. The Morgan fingerprint density at radius 3 is 2.70 bits per heavy atom. The number of nitrogens with two attached hydrogens (primary N) is 1. The van der Waals surface area contributed by atoms with Gasteiger partial charge < -0.3 is 15.8 Å². The first-order valence-corrected chi connectivity index (χ1v) is 6.22. The van der Waals surface area contributed by atoms with Gasteiger partial charge in [0.15, 0.2) is 0 Å². The highest BCUT2D eigenvalue weighted by atomic mass is 35.5. The van der Waals surface area contributed by atoms with Crippen molar-refractivity contribution < 1.29 is 9.13 Å². The summed E-state index contributed by atoms with van der Waals surface area (Å²) in [7, 11) is 0. The Balaban J connectivity index is 2.24. The minimum absolute atomic E-state index is 0.00400. The van der Waals surface area contributed by atoms with E-state index in [-0.39, 0.29) is 29.0 Å². The number of aromatic nitrogens is 3. The molecule has 0 unspecified atom stereocenters. The lowest BCUT2D eigenvalue weighted by Crippen LogP contribution is -2.11. The van der Waals surface area contributed by atoms with E-state index in [1.54, 1.807) is 0 Å². The zero-order chi connectivity index (χ0) is 14.7. The maximum Gasteiger partial charge on any atom is 0.323 e. The molecule has 0 saturated carbocycles. The highest BCUT2D eigenvalue weighted by Gasteiger charge is 2.08. The van der Waals surface area contributed by atoms with Crippen LogP contribution in [0.2, 0.25) is 5.02 Å². The summed E-state index contributed by atoms with van der Waals surface area (Å²) in [6.45, 7) is 3.68. The number of hydrogen-bond donors (Lipinski definition) is 2. The van der Waals surface area contributed by atoms with Gasteiger partial charge in [0.25, 0.3) is 0 Å². The summed E-state index contributed by atoms with van der Waals surface area (Å²) < 4.78 is 18.4. The Hall–Kier alpha value is -2.15. The standard InChI is InChI=1S/C12H13ClFN5O/c1-6(2)20-12-18-10(15)17-11(19-12)16-7-3-4-9(14)8(13)5-7/h3-6H,1-2H3,(H3,15,16,17,18,19). The van der Waals surface area contributed by atoms with Crippen molar-refractivity contribution >= 4 is 29.2 Å². The third kappa shape index (κ3) is 3.67. The summed E-state index contributed by atoms with van der Waals surface area (Å²) in [6, 6.07) is 4.27. The van der Waals surface area contributed by atoms with E-state index in [0.29, 0.717) is 5.69 Å². The molecular formula is C12H13ClFN5O. The van der Waals surface area contributed by atoms with E-state index in [1.165, 1.54) is 18.2 Å². The first kappa shape index (κ1) is 14.3. The molecular weight excluding hydrogens is 285 g/mol. The number of hydrogen-bond acceptors (Lipinski definition) is 6. The predicted molar refractivity (Wildman–Crippen MR) is 74.7 cm³/mol. The number of nitrogens with one attached hydrogen (secondary N) is 1. The van der Waals surface area contributed by atoms with Crippen molar-refractivity contribution in [2.75, 3.05) is 11.1 Å². The van der Waals surface area contributed by atoms with Crippen LogP contribution in [0.5, 0.6) is 6.01 Å². The summed E-state index contributed by atoms with van der Waals surface area (Å²) in [4.78, 5) is 11.8. The average molecular weight is 298 g/mol. The van der Waals surface area contributed by atoms with Crippen LogP contribution in [0.25, 0.3) is 0 Å². The minimum atomic E-state index is -0.504. The van der Waals surface area contributed by atoms with Gasteiger partial charge >= 0.3 is 6.01 Å². The SMILES string of the molecule is CC(C)Oc1nc(N)nc(Nc2ccc(F)c(Cl)c2)n1. The molecule has 0 fully saturated rings. The summed E-state index contributed by atoms with van der Waals surface area (Å²) in [5.41, 5.74) is 6.10. The number of halogens is 2. The summed E-state index contributed by atoms with van der Waals surface area (Å²) in [6.07, 6.45) is -0.0927. The molecule has 0 amide bonds. The highest BCUT2D eigenvalue weighted by Crippen LogP contribution is 2.22. The Morgan fingerprint density at radius 2 is 2.05 bits per heavy atom. The first-order valence-electron chi connectivity index (χ1n) is 5.84. The molecule has 2 aromatic rings. The number of rotatable bonds is 4. The lowest BCUT2D eigenvalue weighted by molar-refractivity contribution is 0.222. The van der Waals surface area contributed by atoms with Gasteiger partial charge in [-0.05, 0) is 32.0 Å². The molecule has 0 aliphatic rings. The number of anilines is 3. The molecule has 6 nitrogen and oxygen atoms in total. The van der Waals surface area contributed by atoms with Crippen molar-refractivity contribution in [1.29, 1.82) is 0 Å². The fourth-order valence-electron chi connectivity index (χ4n) is 1.39. The van der Waals surface area contributed by atoms with Gasteiger partial charge in [0.1, 0.15) is 5.82 Å². The number of benzene rings is 1. The third-order valence-electron chi connectivity index (χ3n) is 2.15. The maximum absolute atomic E-state index is 13.1. The van der Waals surface area contributed by atoms with Crippen LogP contribution in [-0.4, -0.2) is 21.1 Å². The second-order valence-electron chi connectivity index (χ2n) is 4.22. The second-order valence-corrected chi connectivity index (χ2v) is 4.63. The van der Waals surface area contributed by atoms with Crippen LogP contribution in [0.4, 0.5) is 22.0 Å². The number of nitrogen functional groups attached to an aromatic ring is 1. The highest BCUT2D eigenvalue weighted by molar-refractivity contribution is 6.31. The van der Waals surface area contributed by atoms with E-state index in [2.05, 4.69) is 20.3 Å². The lowest BCUT2D eigenvalue weighted by atomic mass is 10.3. The van der Waals surface area contributed by atoms with E-state index in [0.717, 1.165) is 0 Å². The van der Waals surface area contributed by atoms with Gasteiger partial charge in [0.2, 0.25) is 11.9 Å². The Kier molecular flexibility index (Phi) is 4.19. The molecule has 0 bridgehead atoms. The van der Waals surface area contributed by atoms with Crippen molar-refractivity contribution in [1.82, 2.24) is 15.0 Å². The summed E-state index contributed by atoms with van der Waals surface area (Å²) in [5.74, 6) is -0.293. The van der Waals surface area contributed by atoms with Crippen LogP contribution in [0.1, 0.15) is 13.8 Å². The van der Waals surface area contributed by atoms with Crippen LogP contribution in [-0.2, 0) is 0 Å². The smallest absolute Gasteiger partial charge is 0.323 e. The van der Waals surface area contributed by atoms with Crippen LogP contribution in [0, 0.1) is 5.82 Å². The molecule has 0 atom stereocenters. The maximum atomic E-state index is 13.1. The normalized spacial score (nSPS) is 10.7. The first-order chi connectivity index (χ1) is 9.44. The monoisotopic (exact) mass is 297 g/mol. The third-order valence-corrected chi connectivity index (χ3v) is 2.44. The van der Waals surface area contributed by atoms with Gasteiger partial charge in [-0.2, -0.15) is 15.0 Å². The van der Waals surface area contributed by atoms with Gasteiger partial charge in [-0.1, -0.05) is 11.6 Å². The summed E-state index contributed by atoms with van der Waals surface area (Å²) >= 11 is 5.69. The van der Waals surface area contributed by atoms with E-state index in [1.807, 2.05) is 13.8 Å². The van der Waals surface area contributed by atoms with E-state index in [9.17, 15) is 4.39 Å². The van der Waals surface area contributed by atoms with Crippen LogP contribution >= 0.6 is 11.6 Å². The molecule has 3 N–H and O–H groups in total. The Bertz CT molecular complexity index is 623. The van der Waals surface area contributed by atoms with Gasteiger partial charge in [-0.3, -0.25) is 0 Å². The molecule has 0 radical (unpaired) electrons. The largest absolute Gasteiger partial charge is 0.461 e. The Labute approximate surface area is 120 Å². The lowest BCUT2D eigenvalue weighted by Gasteiger charge is -2.10. The summed E-state index contributed by atoms with van der Waals surface area (Å²) in [5, 5.41) is 2.85. The zero-order valence-electron chi connectivity index (χ0n) is 10.9. The van der Waals surface area contributed by atoms with Crippen LogP contribution in [0.3, 0.4) is 0 Å². The van der Waals surface area contributed by atoms with E-state index < -0.39 is 5.82 Å². The van der Waals surface area contributed by atoms with Crippen molar-refractivity contribution in [2.24, 2.45) is 0 Å². The average Bonchev–Trinajstić information content (AvgIpc) is 2.32. The number of ether oxygens (including phenoxy) is 1. The molecule has 2 rings (SSSR count). The van der Waals surface area contributed by atoms with Crippen molar-refractivity contribution in [3.05, 3.63) is 29.0 Å². The molecule has 0 aliphatic carbocycles. The second kappa shape index (κ2) is 5.87. The minimum Gasteiger partial charge on any atom is -0.461 e. The van der Waals surface area contributed by atoms with Gasteiger partial charge in [-0.25, -0.2) is 4.39 Å². The molecule has 0 aliphatic heterocycles. The van der Waals surface area contributed by atoms with E-state index >= 15 is 0 Å². The fraction of sp³-hybridized carbons (Fsp3) is 0.250. The van der Waals surface area contributed by atoms with Crippen LogP contribution < -0.4 is 15.8 Å². The molecule has 1 aromatic carbocycles. The Morgan fingerprint density at radius 1 is 1.30 bits per heavy atom. The van der Waals surface area contributed by atoms with Gasteiger partial charge in [-0.15, -0.1) is 0 Å². The van der Waals surface area contributed by atoms with Crippen molar-refractivity contribution in [2.45, 2.75) is 20.0 Å². The molecule has 20 heavy (non-hydrogen) atoms. The molecule has 106 valence electrons. The molecule has 1 aromatic heterocycles. The van der Waals surface area contributed by atoms with Crippen molar-refractivity contribution in [3.63, 3.8) is 0 Å².